The third-order valence-corrected chi connectivity index (χ3v) is 8.54. The molecule has 0 saturated carbocycles. The van der Waals surface area contributed by atoms with Gasteiger partial charge in [0.15, 0.2) is 0 Å². The molecule has 1 unspecified atom stereocenters. The van der Waals surface area contributed by atoms with Crippen molar-refractivity contribution < 1.29 is 27.9 Å². The van der Waals surface area contributed by atoms with Crippen LogP contribution in [0.2, 0.25) is 0 Å². The van der Waals surface area contributed by atoms with E-state index in [4.69, 9.17) is 0 Å². The molecule has 0 radical (unpaired) electrons. The third kappa shape index (κ3) is 6.29. The van der Waals surface area contributed by atoms with E-state index < -0.39 is 23.2 Å². The molecule has 2 aliphatic heterocycles. The van der Waals surface area contributed by atoms with Gasteiger partial charge in [-0.05, 0) is 80.2 Å². The zero-order valence-electron chi connectivity index (χ0n) is 23.6. The van der Waals surface area contributed by atoms with Crippen LogP contribution in [0, 0.1) is 11.8 Å². The number of anilines is 1. The Morgan fingerprint density at radius 1 is 0.925 bits per heavy atom. The Labute approximate surface area is 234 Å². The molecule has 2 amide bonds. The van der Waals surface area contributed by atoms with E-state index in [-0.39, 0.29) is 19.0 Å². The van der Waals surface area contributed by atoms with Crippen LogP contribution in [-0.4, -0.2) is 73.2 Å². The molecular weight excluding hydrogens is 519 g/mol. The summed E-state index contributed by atoms with van der Waals surface area (Å²) in [6.07, 6.45) is -0.299. The predicted molar refractivity (Wildman–Crippen MR) is 149 cm³/mol. The lowest BCUT2D eigenvalue weighted by Gasteiger charge is -2.40. The van der Waals surface area contributed by atoms with Gasteiger partial charge in [0.1, 0.15) is 0 Å². The highest BCUT2D eigenvalue weighted by molar-refractivity contribution is 5.94. The Kier molecular flexibility index (Phi) is 9.12. The van der Waals surface area contributed by atoms with Crippen LogP contribution in [0.4, 0.5) is 18.9 Å². The summed E-state index contributed by atoms with van der Waals surface area (Å²) in [4.78, 5) is 30.4. The molecular formula is C31H40F3N3O3. The third-order valence-electron chi connectivity index (χ3n) is 8.54. The number of benzene rings is 2. The van der Waals surface area contributed by atoms with Gasteiger partial charge in [-0.25, -0.2) is 0 Å². The van der Waals surface area contributed by atoms with Crippen molar-refractivity contribution in [2.24, 2.45) is 11.8 Å². The fourth-order valence-corrected chi connectivity index (χ4v) is 6.00. The van der Waals surface area contributed by atoms with Crippen LogP contribution in [0.3, 0.4) is 0 Å². The summed E-state index contributed by atoms with van der Waals surface area (Å²) >= 11 is 0. The molecule has 0 spiro atoms. The van der Waals surface area contributed by atoms with Crippen molar-refractivity contribution in [2.45, 2.75) is 57.2 Å². The van der Waals surface area contributed by atoms with Crippen LogP contribution in [-0.2, 0) is 16.8 Å². The molecule has 2 aliphatic rings. The number of nitrogens with zero attached hydrogens (tertiary/aromatic N) is 3. The van der Waals surface area contributed by atoms with Gasteiger partial charge in [0.05, 0.1) is 0 Å². The second-order valence-electron chi connectivity index (χ2n) is 11.4. The predicted octanol–water partition coefficient (Wildman–Crippen LogP) is 5.25. The monoisotopic (exact) mass is 559 g/mol. The van der Waals surface area contributed by atoms with Gasteiger partial charge in [-0.1, -0.05) is 31.2 Å². The average Bonchev–Trinajstić information content (AvgIpc) is 2.96. The number of aryl methyl sites for hydroxylation is 1. The van der Waals surface area contributed by atoms with Crippen LogP contribution < -0.4 is 4.90 Å². The van der Waals surface area contributed by atoms with Crippen molar-refractivity contribution in [3.8, 4) is 0 Å². The van der Waals surface area contributed by atoms with E-state index in [0.717, 1.165) is 38.0 Å². The molecule has 6 nitrogen and oxygen atoms in total. The molecule has 2 heterocycles. The minimum absolute atomic E-state index is 0.0215. The number of alkyl halides is 3. The summed E-state index contributed by atoms with van der Waals surface area (Å²) < 4.78 is 42.4. The molecule has 2 aromatic carbocycles. The van der Waals surface area contributed by atoms with Gasteiger partial charge < -0.3 is 19.8 Å². The van der Waals surface area contributed by atoms with E-state index in [9.17, 15) is 27.9 Å². The highest BCUT2D eigenvalue weighted by Crippen LogP contribution is 2.42. The lowest BCUT2D eigenvalue weighted by Crippen LogP contribution is -2.57. The zero-order chi connectivity index (χ0) is 29.1. The number of carbonyl (C=O) groups excluding carboxylic acids is 2. The van der Waals surface area contributed by atoms with Gasteiger partial charge in [-0.15, -0.1) is 0 Å². The maximum Gasteiger partial charge on any atom is 0.430 e. The van der Waals surface area contributed by atoms with Crippen LogP contribution in [0.1, 0.15) is 60.5 Å². The van der Waals surface area contributed by atoms with Crippen molar-refractivity contribution in [3.05, 3.63) is 65.2 Å². The van der Waals surface area contributed by atoms with Crippen molar-refractivity contribution in [2.75, 3.05) is 45.2 Å². The highest BCUT2D eigenvalue weighted by atomic mass is 19.4. The Morgan fingerprint density at radius 3 is 2.02 bits per heavy atom. The summed E-state index contributed by atoms with van der Waals surface area (Å²) in [5.41, 5.74) is -1.57. The standard InChI is InChI=1S/C31H40F3N3O3/c1-4-22-6-5-7-26(21-22)30(40,31(32,33)34)29(39)37-18-14-24(15-19-37)20-23-12-16-36(17-13-23)27-10-8-25(9-11-27)28(38)35(2)3/h5-11,21,23-24,40H,4,12-20H2,1-3H3. The van der Waals surface area contributed by atoms with Crippen molar-refractivity contribution in [1.29, 1.82) is 0 Å². The Bertz CT molecular complexity index is 1170. The number of rotatable bonds is 7. The molecule has 4 rings (SSSR count). The molecule has 9 heteroatoms. The van der Waals surface area contributed by atoms with E-state index in [0.29, 0.717) is 42.2 Å². The Morgan fingerprint density at radius 2 is 1.50 bits per heavy atom. The second kappa shape index (κ2) is 12.2. The van der Waals surface area contributed by atoms with Crippen molar-refractivity contribution in [3.63, 3.8) is 0 Å². The topological polar surface area (TPSA) is 64.1 Å². The van der Waals surface area contributed by atoms with Crippen LogP contribution in [0.5, 0.6) is 0 Å². The van der Waals surface area contributed by atoms with E-state index in [1.54, 1.807) is 25.1 Å². The van der Waals surface area contributed by atoms with Crippen molar-refractivity contribution in [1.82, 2.24) is 9.80 Å². The Hall–Kier alpha value is -3.07. The van der Waals surface area contributed by atoms with E-state index in [1.807, 2.05) is 31.2 Å². The van der Waals surface area contributed by atoms with Gasteiger partial charge in [0, 0.05) is 57.1 Å². The van der Waals surface area contributed by atoms with E-state index in [2.05, 4.69) is 4.90 Å². The number of piperidine rings is 2. The maximum atomic E-state index is 14.1. The van der Waals surface area contributed by atoms with Crippen LogP contribution >= 0.6 is 0 Å². The summed E-state index contributed by atoms with van der Waals surface area (Å²) in [5.74, 6) is -0.425. The molecule has 2 aromatic rings. The molecule has 0 bridgehead atoms. The summed E-state index contributed by atoms with van der Waals surface area (Å²) in [7, 11) is 3.47. The number of carbonyl (C=O) groups is 2. The van der Waals surface area contributed by atoms with Gasteiger partial charge in [-0.2, -0.15) is 13.2 Å². The number of halogens is 3. The quantitative estimate of drug-likeness (QED) is 0.504. The molecule has 0 aliphatic carbocycles. The minimum Gasteiger partial charge on any atom is -0.372 e. The lowest BCUT2D eigenvalue weighted by atomic mass is 9.82. The second-order valence-corrected chi connectivity index (χ2v) is 11.4. The lowest BCUT2D eigenvalue weighted by molar-refractivity contribution is -0.262. The number of aliphatic hydroxyl groups is 1. The molecule has 40 heavy (non-hydrogen) atoms. The van der Waals surface area contributed by atoms with Gasteiger partial charge in [-0.3, -0.25) is 9.59 Å². The summed E-state index contributed by atoms with van der Waals surface area (Å²) in [6.45, 7) is 4.07. The first-order valence-electron chi connectivity index (χ1n) is 14.2. The first-order chi connectivity index (χ1) is 18.9. The van der Waals surface area contributed by atoms with E-state index >= 15 is 0 Å². The molecule has 1 atom stereocenters. The van der Waals surface area contributed by atoms with Crippen LogP contribution in [0.15, 0.2) is 48.5 Å². The van der Waals surface area contributed by atoms with Crippen LogP contribution in [0.25, 0.3) is 0 Å². The minimum atomic E-state index is -5.12. The van der Waals surface area contributed by atoms with Gasteiger partial charge in [0.25, 0.3) is 17.4 Å². The first-order valence-corrected chi connectivity index (χ1v) is 14.2. The summed E-state index contributed by atoms with van der Waals surface area (Å²) in [6, 6.07) is 13.3. The SMILES string of the molecule is CCc1cccc(C(O)(C(=O)N2CCC(CC3CCN(c4ccc(C(=O)N(C)C)cc4)CC3)CC2)C(F)(F)F)c1. The van der Waals surface area contributed by atoms with Gasteiger partial charge >= 0.3 is 6.18 Å². The maximum absolute atomic E-state index is 14.1. The normalized spacial score (nSPS) is 18.9. The fraction of sp³-hybridized carbons (Fsp3) is 0.548. The number of amides is 2. The first kappa shape index (κ1) is 29.9. The largest absolute Gasteiger partial charge is 0.430 e. The number of hydrogen-bond acceptors (Lipinski definition) is 4. The number of hydrogen-bond donors (Lipinski definition) is 1. The fourth-order valence-electron chi connectivity index (χ4n) is 6.00. The zero-order valence-corrected chi connectivity index (χ0v) is 23.6. The molecule has 1 N–H and O–H groups in total. The van der Waals surface area contributed by atoms with Gasteiger partial charge in [0.2, 0.25) is 0 Å². The molecule has 0 aromatic heterocycles. The van der Waals surface area contributed by atoms with E-state index in [1.165, 1.54) is 23.1 Å². The smallest absolute Gasteiger partial charge is 0.372 e. The number of likely N-dealkylation sites (tertiary alicyclic amines) is 1. The molecule has 2 fully saturated rings. The highest BCUT2D eigenvalue weighted by Gasteiger charge is 2.62. The molecule has 2 saturated heterocycles. The average molecular weight is 560 g/mol. The Balaban J connectivity index is 1.30. The van der Waals surface area contributed by atoms with Crippen molar-refractivity contribution >= 4 is 17.5 Å². The molecule has 218 valence electrons. The summed E-state index contributed by atoms with van der Waals surface area (Å²) in [5, 5.41) is 10.8.